The molecular formula is C9H8BClF3KO. The predicted molar refractivity (Wildman–Crippen MR) is 56.1 cm³/mol. The summed E-state index contributed by atoms with van der Waals surface area (Å²) in [5.74, 6) is 0.662. The molecule has 7 heteroatoms. The summed E-state index contributed by atoms with van der Waals surface area (Å²) in [6.07, 6.45) is 0.935. The van der Waals surface area contributed by atoms with Gasteiger partial charge in [-0.05, 0) is 23.8 Å². The average Bonchev–Trinajstić information content (AvgIpc) is 2.15. The monoisotopic (exact) mass is 274 g/mol. The van der Waals surface area contributed by atoms with Gasteiger partial charge in [0.15, 0.2) is 0 Å². The summed E-state index contributed by atoms with van der Waals surface area (Å²) in [6, 6.07) is 4.52. The quantitative estimate of drug-likeness (QED) is 0.739. The van der Waals surface area contributed by atoms with Crippen LogP contribution in [0.2, 0.25) is 5.02 Å². The third kappa shape index (κ3) is 5.75. The van der Waals surface area contributed by atoms with E-state index < -0.39 is 6.98 Å². The van der Waals surface area contributed by atoms with Crippen LogP contribution < -0.4 is 56.1 Å². The molecule has 0 unspecified atom stereocenters. The summed E-state index contributed by atoms with van der Waals surface area (Å²) in [4.78, 5) is 0. The van der Waals surface area contributed by atoms with Crippen molar-refractivity contribution in [2.75, 3.05) is 7.11 Å². The molecule has 0 saturated heterocycles. The third-order valence-electron chi connectivity index (χ3n) is 1.70. The maximum atomic E-state index is 12.0. The Balaban J connectivity index is 0.00000225. The van der Waals surface area contributed by atoms with Crippen molar-refractivity contribution in [3.63, 3.8) is 0 Å². The van der Waals surface area contributed by atoms with E-state index in [-0.39, 0.29) is 67.9 Å². The number of ether oxygens (including phenoxy) is 1. The molecule has 0 aliphatic carbocycles. The van der Waals surface area contributed by atoms with Crippen LogP contribution in [-0.2, 0) is 0 Å². The summed E-state index contributed by atoms with van der Waals surface area (Å²) in [6.45, 7) is -4.94. The first-order valence-corrected chi connectivity index (χ1v) is 4.53. The maximum Gasteiger partial charge on any atom is 1.00 e. The van der Waals surface area contributed by atoms with E-state index in [4.69, 9.17) is 16.3 Å². The zero-order valence-electron chi connectivity index (χ0n) is 8.88. The van der Waals surface area contributed by atoms with Crippen LogP contribution in [0.5, 0.6) is 5.75 Å². The van der Waals surface area contributed by atoms with Gasteiger partial charge in [0.05, 0.1) is 7.11 Å². The summed E-state index contributed by atoms with van der Waals surface area (Å²) in [7, 11) is 1.43. The Kier molecular flexibility index (Phi) is 7.32. The fourth-order valence-electron chi connectivity index (χ4n) is 0.989. The van der Waals surface area contributed by atoms with E-state index in [9.17, 15) is 12.9 Å². The first-order chi connectivity index (χ1) is 6.92. The molecule has 0 amide bonds. The molecule has 0 atom stereocenters. The van der Waals surface area contributed by atoms with Crippen LogP contribution in [-0.4, -0.2) is 14.1 Å². The van der Waals surface area contributed by atoms with Gasteiger partial charge >= 0.3 is 58.4 Å². The average molecular weight is 275 g/mol. The van der Waals surface area contributed by atoms with Gasteiger partial charge in [-0.3, -0.25) is 0 Å². The zero-order chi connectivity index (χ0) is 11.5. The molecule has 0 N–H and O–H groups in total. The van der Waals surface area contributed by atoms with E-state index in [2.05, 4.69) is 0 Å². The van der Waals surface area contributed by atoms with Gasteiger partial charge in [-0.2, -0.15) is 0 Å². The molecule has 0 aromatic heterocycles. The molecule has 1 aromatic rings. The minimum Gasteiger partial charge on any atom is -0.497 e. The molecule has 0 heterocycles. The second kappa shape index (κ2) is 7.08. The maximum absolute atomic E-state index is 12.0. The number of hydrogen-bond acceptors (Lipinski definition) is 1. The fourth-order valence-corrected chi connectivity index (χ4v) is 1.17. The molecule has 0 saturated carbocycles. The van der Waals surface area contributed by atoms with Crippen LogP contribution in [0.3, 0.4) is 0 Å². The Morgan fingerprint density at radius 1 is 1.31 bits per heavy atom. The number of halogens is 4. The number of methoxy groups -OCH3 is 1. The SMILES string of the molecule is COc1ccc(Cl)c(/C=C/[B-](F)(F)F)c1.[K+]. The van der Waals surface area contributed by atoms with Crippen molar-refractivity contribution in [2.24, 2.45) is 0 Å². The van der Waals surface area contributed by atoms with Gasteiger partial charge in [0.1, 0.15) is 5.75 Å². The van der Waals surface area contributed by atoms with E-state index in [1.807, 2.05) is 0 Å². The minimum absolute atomic E-state index is 0. The van der Waals surface area contributed by atoms with Crippen LogP contribution in [0.25, 0.3) is 6.08 Å². The summed E-state index contributed by atoms with van der Waals surface area (Å²) < 4.78 is 40.7. The van der Waals surface area contributed by atoms with Crippen LogP contribution in [0, 0.1) is 0 Å². The van der Waals surface area contributed by atoms with Gasteiger partial charge in [0, 0.05) is 5.02 Å². The van der Waals surface area contributed by atoms with Gasteiger partial charge in [-0.25, -0.2) is 0 Å². The standard InChI is InChI=1S/C9H8BClF3O.K/c1-15-8-2-3-9(11)7(6-8)4-5-10(12,13)14;/h2-6H,1H3;/q-1;+1/b5-4+;. The molecule has 1 nitrogen and oxygen atoms in total. The van der Waals surface area contributed by atoms with E-state index in [1.165, 1.54) is 19.2 Å². The third-order valence-corrected chi connectivity index (χ3v) is 2.04. The van der Waals surface area contributed by atoms with Crippen LogP contribution in [0.4, 0.5) is 12.9 Å². The molecule has 1 rings (SSSR count). The number of rotatable bonds is 3. The van der Waals surface area contributed by atoms with E-state index in [0.717, 1.165) is 6.08 Å². The molecule has 82 valence electrons. The Labute approximate surface area is 139 Å². The van der Waals surface area contributed by atoms with Crippen molar-refractivity contribution in [3.8, 4) is 5.75 Å². The summed E-state index contributed by atoms with van der Waals surface area (Å²) in [5, 5.41) is 0.257. The van der Waals surface area contributed by atoms with Crippen molar-refractivity contribution in [3.05, 3.63) is 34.8 Å². The number of benzene rings is 1. The molecule has 1 aromatic carbocycles. The largest absolute Gasteiger partial charge is 1.00 e. The first kappa shape index (κ1) is 16.5. The Hall–Kier alpha value is 0.541. The fraction of sp³-hybridized carbons (Fsp3) is 0.111. The van der Waals surface area contributed by atoms with E-state index >= 15 is 0 Å². The second-order valence-electron chi connectivity index (χ2n) is 2.87. The first-order valence-electron chi connectivity index (χ1n) is 4.15. The number of hydrogen-bond donors (Lipinski definition) is 0. The van der Waals surface area contributed by atoms with Gasteiger partial charge in [0.25, 0.3) is 0 Å². The molecule has 0 spiro atoms. The van der Waals surface area contributed by atoms with Gasteiger partial charge in [-0.15, -0.1) is 5.98 Å². The Morgan fingerprint density at radius 3 is 2.44 bits per heavy atom. The summed E-state index contributed by atoms with van der Waals surface area (Å²) >= 11 is 5.71. The van der Waals surface area contributed by atoms with Crippen LogP contribution in [0.1, 0.15) is 5.56 Å². The normalized spacial score (nSPS) is 11.3. The van der Waals surface area contributed by atoms with Gasteiger partial charge < -0.3 is 17.7 Å². The molecule has 0 aliphatic heterocycles. The smallest absolute Gasteiger partial charge is 0.497 e. The summed E-state index contributed by atoms with van der Waals surface area (Å²) in [5.41, 5.74) is 0.287. The minimum atomic E-state index is -4.94. The van der Waals surface area contributed by atoms with Crippen molar-refractivity contribution >= 4 is 24.7 Å². The molecule has 0 aliphatic rings. The zero-order valence-corrected chi connectivity index (χ0v) is 12.8. The van der Waals surface area contributed by atoms with E-state index in [1.54, 1.807) is 6.07 Å². The molecule has 0 bridgehead atoms. The Bertz CT molecular complexity index is 382. The second-order valence-corrected chi connectivity index (χ2v) is 3.28. The molecule has 0 fully saturated rings. The topological polar surface area (TPSA) is 9.23 Å². The van der Waals surface area contributed by atoms with E-state index in [0.29, 0.717) is 5.75 Å². The van der Waals surface area contributed by atoms with Gasteiger partial charge in [0.2, 0.25) is 0 Å². The molecular weight excluding hydrogens is 266 g/mol. The molecule has 16 heavy (non-hydrogen) atoms. The van der Waals surface area contributed by atoms with Crippen molar-refractivity contribution in [2.45, 2.75) is 0 Å². The van der Waals surface area contributed by atoms with Crippen molar-refractivity contribution in [1.82, 2.24) is 0 Å². The van der Waals surface area contributed by atoms with Crippen molar-refractivity contribution in [1.29, 1.82) is 0 Å². The Morgan fingerprint density at radius 2 is 1.94 bits per heavy atom. The van der Waals surface area contributed by atoms with Crippen molar-refractivity contribution < 1.29 is 69.1 Å². The van der Waals surface area contributed by atoms with Crippen LogP contribution in [0.15, 0.2) is 24.2 Å². The van der Waals surface area contributed by atoms with Crippen LogP contribution >= 0.6 is 11.6 Å². The molecule has 0 radical (unpaired) electrons. The van der Waals surface area contributed by atoms with Gasteiger partial charge in [-0.1, -0.05) is 17.7 Å². The predicted octanol–water partition coefficient (Wildman–Crippen LogP) is 0.752.